The number of likely N-dealkylation sites (N-methyl/N-ethyl adjacent to an activating group) is 1. The summed E-state index contributed by atoms with van der Waals surface area (Å²) in [5.74, 6) is 0. The van der Waals surface area contributed by atoms with Gasteiger partial charge in [-0.1, -0.05) is 0 Å². The quantitative estimate of drug-likeness (QED) is 0.724. The molecule has 1 atom stereocenters. The molecule has 1 heterocycles. The van der Waals surface area contributed by atoms with Gasteiger partial charge in [-0.25, -0.2) is 0 Å². The van der Waals surface area contributed by atoms with E-state index < -0.39 is 0 Å². The lowest BCUT2D eigenvalue weighted by atomic mass is 10.1. The summed E-state index contributed by atoms with van der Waals surface area (Å²) in [6.07, 6.45) is 3.57. The van der Waals surface area contributed by atoms with Gasteiger partial charge in [-0.05, 0) is 24.7 Å². The van der Waals surface area contributed by atoms with Gasteiger partial charge < -0.3 is 10.1 Å². The van der Waals surface area contributed by atoms with Crippen LogP contribution in [0.25, 0.3) is 0 Å². The highest BCUT2D eigenvalue weighted by Gasteiger charge is 2.06. The molecule has 1 aromatic heterocycles. The Hall–Kier alpha value is -0.930. The summed E-state index contributed by atoms with van der Waals surface area (Å²) in [5.41, 5.74) is 1.20. The number of nitrogens with zero attached hydrogens (tertiary/aromatic N) is 1. The van der Waals surface area contributed by atoms with E-state index in [0.717, 1.165) is 0 Å². The van der Waals surface area contributed by atoms with E-state index in [-0.39, 0.29) is 6.04 Å². The van der Waals surface area contributed by atoms with Crippen molar-refractivity contribution in [2.75, 3.05) is 20.8 Å². The number of nitrogens with one attached hydrogen (secondary N) is 1. The predicted octanol–water partition coefficient (Wildman–Crippen LogP) is 0.988. The third-order valence-corrected chi connectivity index (χ3v) is 1.79. The van der Waals surface area contributed by atoms with Gasteiger partial charge in [0.15, 0.2) is 0 Å². The molecule has 3 nitrogen and oxygen atoms in total. The largest absolute Gasteiger partial charge is 0.383 e. The second-order valence-corrected chi connectivity index (χ2v) is 2.58. The molecule has 66 valence electrons. The topological polar surface area (TPSA) is 34.1 Å². The highest BCUT2D eigenvalue weighted by Crippen LogP contribution is 2.10. The van der Waals surface area contributed by atoms with Crippen molar-refractivity contribution in [2.24, 2.45) is 0 Å². The molecule has 0 aliphatic rings. The molecule has 1 rings (SSSR count). The van der Waals surface area contributed by atoms with Gasteiger partial charge in [0, 0.05) is 19.5 Å². The van der Waals surface area contributed by atoms with Gasteiger partial charge in [0.1, 0.15) is 0 Å². The Morgan fingerprint density at radius 2 is 2.17 bits per heavy atom. The maximum absolute atomic E-state index is 5.07. The van der Waals surface area contributed by atoms with Gasteiger partial charge in [0.05, 0.1) is 12.6 Å². The molecule has 0 bridgehead atoms. The Labute approximate surface area is 72.8 Å². The SMILES string of the molecule is CNC(COC)c1ccncc1. The van der Waals surface area contributed by atoms with Gasteiger partial charge in [0.2, 0.25) is 0 Å². The fraction of sp³-hybridized carbons (Fsp3) is 0.444. The zero-order chi connectivity index (χ0) is 8.81. The average molecular weight is 166 g/mol. The van der Waals surface area contributed by atoms with Crippen LogP contribution in [0.1, 0.15) is 11.6 Å². The molecule has 0 amide bonds. The average Bonchev–Trinajstić information content (AvgIpc) is 2.15. The van der Waals surface area contributed by atoms with Gasteiger partial charge in [-0.2, -0.15) is 0 Å². The lowest BCUT2D eigenvalue weighted by Gasteiger charge is -2.14. The van der Waals surface area contributed by atoms with E-state index in [1.165, 1.54) is 5.56 Å². The highest BCUT2D eigenvalue weighted by molar-refractivity contribution is 5.14. The number of hydrogen-bond acceptors (Lipinski definition) is 3. The zero-order valence-corrected chi connectivity index (χ0v) is 7.45. The van der Waals surface area contributed by atoms with Crippen molar-refractivity contribution in [1.82, 2.24) is 10.3 Å². The Kier molecular flexibility index (Phi) is 3.70. The van der Waals surface area contributed by atoms with E-state index in [0.29, 0.717) is 6.61 Å². The molecule has 1 N–H and O–H groups in total. The Balaban J connectivity index is 2.66. The van der Waals surface area contributed by atoms with Crippen molar-refractivity contribution >= 4 is 0 Å². The smallest absolute Gasteiger partial charge is 0.0657 e. The second-order valence-electron chi connectivity index (χ2n) is 2.58. The summed E-state index contributed by atoms with van der Waals surface area (Å²) < 4.78 is 5.07. The molecule has 0 saturated carbocycles. The van der Waals surface area contributed by atoms with Gasteiger partial charge >= 0.3 is 0 Å². The van der Waals surface area contributed by atoms with E-state index in [1.54, 1.807) is 19.5 Å². The van der Waals surface area contributed by atoms with Crippen LogP contribution in [0.15, 0.2) is 24.5 Å². The van der Waals surface area contributed by atoms with E-state index in [4.69, 9.17) is 4.74 Å². The minimum absolute atomic E-state index is 0.262. The first kappa shape index (κ1) is 9.16. The Morgan fingerprint density at radius 3 is 2.67 bits per heavy atom. The van der Waals surface area contributed by atoms with Crippen molar-refractivity contribution in [3.63, 3.8) is 0 Å². The second kappa shape index (κ2) is 4.85. The number of hydrogen-bond donors (Lipinski definition) is 1. The normalized spacial score (nSPS) is 12.8. The van der Waals surface area contributed by atoms with Crippen molar-refractivity contribution in [1.29, 1.82) is 0 Å². The standard InChI is InChI=1S/C9H14N2O/c1-10-9(7-12-2)8-3-5-11-6-4-8/h3-6,9-10H,7H2,1-2H3. The van der Waals surface area contributed by atoms with Crippen LogP contribution in [0.5, 0.6) is 0 Å². The van der Waals surface area contributed by atoms with Crippen LogP contribution in [0.2, 0.25) is 0 Å². The molecular weight excluding hydrogens is 152 g/mol. The molecule has 1 aromatic rings. The predicted molar refractivity (Wildman–Crippen MR) is 47.9 cm³/mol. The van der Waals surface area contributed by atoms with Crippen molar-refractivity contribution in [2.45, 2.75) is 6.04 Å². The molecule has 0 aliphatic carbocycles. The van der Waals surface area contributed by atoms with E-state index >= 15 is 0 Å². The van der Waals surface area contributed by atoms with Gasteiger partial charge in [-0.3, -0.25) is 4.98 Å². The fourth-order valence-electron chi connectivity index (χ4n) is 1.11. The first-order chi connectivity index (χ1) is 5.88. The maximum atomic E-state index is 5.07. The first-order valence-electron chi connectivity index (χ1n) is 3.94. The van der Waals surface area contributed by atoms with Crippen LogP contribution in [0, 0.1) is 0 Å². The summed E-state index contributed by atoms with van der Waals surface area (Å²) in [5, 5.41) is 3.17. The third kappa shape index (κ3) is 2.29. The van der Waals surface area contributed by atoms with E-state index in [2.05, 4.69) is 10.3 Å². The molecule has 0 fully saturated rings. The summed E-state index contributed by atoms with van der Waals surface area (Å²) in [6.45, 7) is 0.681. The fourth-order valence-corrected chi connectivity index (χ4v) is 1.11. The number of pyridine rings is 1. The van der Waals surface area contributed by atoms with Gasteiger partial charge in [-0.15, -0.1) is 0 Å². The molecule has 3 heteroatoms. The molecule has 0 saturated heterocycles. The van der Waals surface area contributed by atoms with Crippen LogP contribution in [-0.2, 0) is 4.74 Å². The number of aromatic nitrogens is 1. The summed E-state index contributed by atoms with van der Waals surface area (Å²) in [7, 11) is 3.62. The minimum Gasteiger partial charge on any atom is -0.383 e. The Morgan fingerprint density at radius 1 is 1.50 bits per heavy atom. The van der Waals surface area contributed by atoms with Crippen LogP contribution < -0.4 is 5.32 Å². The zero-order valence-electron chi connectivity index (χ0n) is 7.45. The summed E-state index contributed by atoms with van der Waals surface area (Å²) in [6, 6.07) is 4.23. The van der Waals surface area contributed by atoms with E-state index in [1.807, 2.05) is 19.2 Å². The molecule has 1 unspecified atom stereocenters. The van der Waals surface area contributed by atoms with Crippen molar-refractivity contribution in [3.8, 4) is 0 Å². The van der Waals surface area contributed by atoms with Crippen LogP contribution in [0.3, 0.4) is 0 Å². The maximum Gasteiger partial charge on any atom is 0.0657 e. The number of rotatable bonds is 4. The molecule has 12 heavy (non-hydrogen) atoms. The lowest BCUT2D eigenvalue weighted by Crippen LogP contribution is -2.20. The van der Waals surface area contributed by atoms with Crippen molar-refractivity contribution in [3.05, 3.63) is 30.1 Å². The molecule has 0 aliphatic heterocycles. The van der Waals surface area contributed by atoms with E-state index in [9.17, 15) is 0 Å². The lowest BCUT2D eigenvalue weighted by molar-refractivity contribution is 0.170. The molecule has 0 radical (unpaired) electrons. The molecule has 0 aromatic carbocycles. The van der Waals surface area contributed by atoms with Crippen LogP contribution in [-0.4, -0.2) is 25.7 Å². The number of methoxy groups -OCH3 is 1. The summed E-state index contributed by atoms with van der Waals surface area (Å²) in [4.78, 5) is 3.95. The van der Waals surface area contributed by atoms with Crippen LogP contribution in [0.4, 0.5) is 0 Å². The highest BCUT2D eigenvalue weighted by atomic mass is 16.5. The molecular formula is C9H14N2O. The monoisotopic (exact) mass is 166 g/mol. The van der Waals surface area contributed by atoms with Crippen LogP contribution >= 0.6 is 0 Å². The van der Waals surface area contributed by atoms with Gasteiger partial charge in [0.25, 0.3) is 0 Å². The molecule has 0 spiro atoms. The Bertz CT molecular complexity index is 213. The van der Waals surface area contributed by atoms with Crippen molar-refractivity contribution < 1.29 is 4.74 Å². The minimum atomic E-state index is 0.262. The third-order valence-electron chi connectivity index (χ3n) is 1.79. The number of ether oxygens (including phenoxy) is 1. The summed E-state index contributed by atoms with van der Waals surface area (Å²) >= 11 is 0. The first-order valence-corrected chi connectivity index (χ1v) is 3.94.